The van der Waals surface area contributed by atoms with E-state index < -0.39 is 0 Å². The van der Waals surface area contributed by atoms with Gasteiger partial charge in [-0.1, -0.05) is 40.2 Å². The van der Waals surface area contributed by atoms with Crippen LogP contribution in [0, 0.1) is 11.3 Å². The first-order valence-corrected chi connectivity index (χ1v) is 7.97. The van der Waals surface area contributed by atoms with Gasteiger partial charge in [0.2, 0.25) is 5.88 Å². The van der Waals surface area contributed by atoms with Gasteiger partial charge in [0.25, 0.3) is 0 Å². The lowest BCUT2D eigenvalue weighted by Gasteiger charge is -1.99. The van der Waals surface area contributed by atoms with Crippen LogP contribution in [0.5, 0.6) is 5.75 Å². The van der Waals surface area contributed by atoms with Crippen molar-refractivity contribution in [3.8, 4) is 23.1 Å². The molecule has 3 rings (SSSR count). The second-order valence-electron chi connectivity index (χ2n) is 4.98. The zero-order valence-electron chi connectivity index (χ0n) is 12.9. The minimum absolute atomic E-state index is 0.290. The molecule has 0 saturated carbocycles. The minimum Gasteiger partial charge on any atom is -0.497 e. The fourth-order valence-electron chi connectivity index (χ4n) is 2.17. The van der Waals surface area contributed by atoms with Crippen molar-refractivity contribution in [1.29, 1.82) is 5.26 Å². The molecule has 0 aliphatic rings. The highest BCUT2D eigenvalue weighted by molar-refractivity contribution is 9.10. The summed E-state index contributed by atoms with van der Waals surface area (Å²) in [6, 6.07) is 19.0. The van der Waals surface area contributed by atoms with Crippen LogP contribution in [-0.4, -0.2) is 13.3 Å². The Labute approximate surface area is 148 Å². The lowest BCUT2D eigenvalue weighted by molar-refractivity contribution is 0.415. The van der Waals surface area contributed by atoms with Crippen LogP contribution in [0.15, 0.2) is 68.5 Å². The van der Waals surface area contributed by atoms with Gasteiger partial charge in [-0.15, -0.1) is 0 Å². The molecule has 5 heteroatoms. The van der Waals surface area contributed by atoms with E-state index in [0.717, 1.165) is 21.3 Å². The van der Waals surface area contributed by atoms with Crippen LogP contribution in [0.25, 0.3) is 11.3 Å². The van der Waals surface area contributed by atoms with Crippen molar-refractivity contribution in [3.63, 3.8) is 0 Å². The predicted molar refractivity (Wildman–Crippen MR) is 96.8 cm³/mol. The predicted octanol–water partition coefficient (Wildman–Crippen LogP) is 5.34. The van der Waals surface area contributed by atoms with Crippen LogP contribution in [0.3, 0.4) is 0 Å². The second-order valence-corrected chi connectivity index (χ2v) is 5.90. The highest BCUT2D eigenvalue weighted by atomic mass is 79.9. The summed E-state index contributed by atoms with van der Waals surface area (Å²) in [5.41, 5.74) is 2.14. The Balaban J connectivity index is 1.92. The molecule has 118 valence electrons. The Morgan fingerprint density at radius 1 is 1.17 bits per heavy atom. The van der Waals surface area contributed by atoms with Crippen molar-refractivity contribution >= 4 is 28.0 Å². The zero-order valence-corrected chi connectivity index (χ0v) is 14.4. The first-order chi connectivity index (χ1) is 11.7. The number of halogens is 1. The van der Waals surface area contributed by atoms with Gasteiger partial charge < -0.3 is 9.15 Å². The minimum atomic E-state index is 0.290. The molecule has 0 fully saturated rings. The highest BCUT2D eigenvalue weighted by Crippen LogP contribution is 2.31. The first-order valence-electron chi connectivity index (χ1n) is 7.17. The van der Waals surface area contributed by atoms with Gasteiger partial charge in [0.1, 0.15) is 23.1 Å². The molecular formula is C19H13BrN2O2. The van der Waals surface area contributed by atoms with Crippen LogP contribution >= 0.6 is 15.9 Å². The third-order valence-electron chi connectivity index (χ3n) is 3.39. The summed E-state index contributed by atoms with van der Waals surface area (Å²) in [7, 11) is 1.61. The number of nitrogens with zero attached hydrogens (tertiary/aromatic N) is 2. The molecule has 0 aliphatic heterocycles. The number of rotatable bonds is 4. The average Bonchev–Trinajstić information content (AvgIpc) is 3.04. The third kappa shape index (κ3) is 3.55. The maximum Gasteiger partial charge on any atom is 0.237 e. The molecule has 0 atom stereocenters. The molecule has 24 heavy (non-hydrogen) atoms. The third-order valence-corrected chi connectivity index (χ3v) is 3.91. The lowest BCUT2D eigenvalue weighted by atomic mass is 10.1. The first kappa shape index (κ1) is 16.0. The van der Waals surface area contributed by atoms with Crippen molar-refractivity contribution in [2.24, 2.45) is 4.99 Å². The Bertz CT molecular complexity index is 921. The lowest BCUT2D eigenvalue weighted by Crippen LogP contribution is -1.85. The number of furan rings is 1. The number of hydrogen-bond donors (Lipinski definition) is 0. The molecule has 3 aromatic rings. The monoisotopic (exact) mass is 380 g/mol. The normalized spacial score (nSPS) is 10.7. The summed E-state index contributed by atoms with van der Waals surface area (Å²) in [6.07, 6.45) is 1.65. The van der Waals surface area contributed by atoms with Crippen LogP contribution in [0.4, 0.5) is 5.88 Å². The van der Waals surface area contributed by atoms with Gasteiger partial charge in [-0.05, 0) is 29.8 Å². The maximum absolute atomic E-state index is 9.29. The quantitative estimate of drug-likeness (QED) is 0.573. The van der Waals surface area contributed by atoms with Crippen molar-refractivity contribution in [3.05, 3.63) is 70.2 Å². The van der Waals surface area contributed by atoms with E-state index in [4.69, 9.17) is 9.15 Å². The molecule has 0 aliphatic carbocycles. The summed E-state index contributed by atoms with van der Waals surface area (Å²) in [5.74, 6) is 1.64. The Morgan fingerprint density at radius 3 is 2.67 bits per heavy atom. The van der Waals surface area contributed by atoms with E-state index in [1.807, 2.05) is 48.5 Å². The van der Waals surface area contributed by atoms with Gasteiger partial charge >= 0.3 is 0 Å². The average molecular weight is 381 g/mol. The van der Waals surface area contributed by atoms with E-state index in [2.05, 4.69) is 27.0 Å². The van der Waals surface area contributed by atoms with E-state index in [1.165, 1.54) is 0 Å². The number of hydrogen-bond acceptors (Lipinski definition) is 4. The summed E-state index contributed by atoms with van der Waals surface area (Å²) in [4.78, 5) is 4.31. The smallest absolute Gasteiger partial charge is 0.237 e. The summed E-state index contributed by atoms with van der Waals surface area (Å²) < 4.78 is 11.9. The molecule has 4 nitrogen and oxygen atoms in total. The largest absolute Gasteiger partial charge is 0.497 e. The molecule has 1 aromatic heterocycles. The fourth-order valence-corrected chi connectivity index (χ4v) is 2.43. The van der Waals surface area contributed by atoms with Crippen LogP contribution < -0.4 is 4.74 Å². The summed E-state index contributed by atoms with van der Waals surface area (Å²) in [5, 5.41) is 9.29. The molecule has 0 saturated heterocycles. The van der Waals surface area contributed by atoms with Crippen molar-refractivity contribution in [1.82, 2.24) is 0 Å². The Kier molecular flexibility index (Phi) is 4.78. The molecule has 0 bridgehead atoms. The van der Waals surface area contributed by atoms with Gasteiger partial charge in [0, 0.05) is 22.3 Å². The van der Waals surface area contributed by atoms with E-state index in [1.54, 1.807) is 19.4 Å². The van der Waals surface area contributed by atoms with Crippen LogP contribution in [0.2, 0.25) is 0 Å². The number of aliphatic imine (C=N–C) groups is 1. The summed E-state index contributed by atoms with van der Waals surface area (Å²) >= 11 is 3.40. The van der Waals surface area contributed by atoms with Gasteiger partial charge in [-0.3, -0.25) is 0 Å². The topological polar surface area (TPSA) is 58.5 Å². The number of benzene rings is 2. The van der Waals surface area contributed by atoms with Gasteiger partial charge in [-0.2, -0.15) is 5.26 Å². The standard InChI is InChI=1S/C19H13BrN2O2/c1-23-17-4-2-3-13(9-17)12-22-19-15(11-21)10-18(24-19)14-5-7-16(20)8-6-14/h2-10,12H,1H3/b22-12+. The molecule has 0 N–H and O–H groups in total. The van der Waals surface area contributed by atoms with Crippen LogP contribution in [-0.2, 0) is 0 Å². The van der Waals surface area contributed by atoms with Crippen LogP contribution in [0.1, 0.15) is 11.1 Å². The van der Waals surface area contributed by atoms with E-state index in [9.17, 15) is 5.26 Å². The molecule has 0 amide bonds. The number of ether oxygens (including phenoxy) is 1. The van der Waals surface area contributed by atoms with Gasteiger partial charge in [0.05, 0.1) is 7.11 Å². The van der Waals surface area contributed by atoms with E-state index in [0.29, 0.717) is 17.2 Å². The number of nitriles is 1. The van der Waals surface area contributed by atoms with Crippen molar-refractivity contribution in [2.45, 2.75) is 0 Å². The Morgan fingerprint density at radius 2 is 1.96 bits per heavy atom. The van der Waals surface area contributed by atoms with Gasteiger partial charge in [0.15, 0.2) is 0 Å². The van der Waals surface area contributed by atoms with E-state index in [-0.39, 0.29) is 0 Å². The Hall–Kier alpha value is -2.84. The maximum atomic E-state index is 9.29. The molecule has 0 spiro atoms. The SMILES string of the molecule is COc1cccc(/C=N/c2oc(-c3ccc(Br)cc3)cc2C#N)c1. The molecule has 1 heterocycles. The van der Waals surface area contributed by atoms with Gasteiger partial charge in [-0.25, -0.2) is 4.99 Å². The van der Waals surface area contributed by atoms with E-state index >= 15 is 0 Å². The zero-order chi connectivity index (χ0) is 16.9. The number of methoxy groups -OCH3 is 1. The highest BCUT2D eigenvalue weighted by Gasteiger charge is 2.11. The van der Waals surface area contributed by atoms with Crippen molar-refractivity contribution < 1.29 is 9.15 Å². The van der Waals surface area contributed by atoms with Crippen molar-refractivity contribution in [2.75, 3.05) is 7.11 Å². The fraction of sp³-hybridized carbons (Fsp3) is 0.0526. The molecule has 0 unspecified atom stereocenters. The molecule has 0 radical (unpaired) electrons. The summed E-state index contributed by atoms with van der Waals surface area (Å²) in [6.45, 7) is 0. The second kappa shape index (κ2) is 7.16. The molecule has 2 aromatic carbocycles. The molecular weight excluding hydrogens is 368 g/mol.